The van der Waals surface area contributed by atoms with Crippen molar-refractivity contribution in [2.75, 3.05) is 19.6 Å². The third-order valence-electron chi connectivity index (χ3n) is 4.62. The van der Waals surface area contributed by atoms with Crippen LogP contribution in [0, 0.1) is 0 Å². The van der Waals surface area contributed by atoms with Crippen molar-refractivity contribution in [1.29, 1.82) is 0 Å². The average molecular weight is 486 g/mol. The van der Waals surface area contributed by atoms with E-state index in [4.69, 9.17) is 4.99 Å². The van der Waals surface area contributed by atoms with E-state index < -0.39 is 0 Å². The fraction of sp³-hybridized carbons (Fsp3) is 0.619. The molecule has 0 bridgehead atoms. The zero-order chi connectivity index (χ0) is 18.6. The molecule has 1 aromatic rings. The zero-order valence-corrected chi connectivity index (χ0v) is 19.1. The van der Waals surface area contributed by atoms with Crippen LogP contribution < -0.4 is 10.6 Å². The van der Waals surface area contributed by atoms with Crippen LogP contribution in [0.4, 0.5) is 0 Å². The number of benzene rings is 1. The van der Waals surface area contributed by atoms with Gasteiger partial charge in [-0.25, -0.2) is 4.99 Å². The molecule has 1 aliphatic heterocycles. The monoisotopic (exact) mass is 486 g/mol. The van der Waals surface area contributed by atoms with Gasteiger partial charge < -0.3 is 15.5 Å². The lowest BCUT2D eigenvalue weighted by Gasteiger charge is -2.16. The number of hydrogen-bond acceptors (Lipinski definition) is 2. The van der Waals surface area contributed by atoms with E-state index in [1.54, 1.807) is 0 Å². The van der Waals surface area contributed by atoms with Crippen LogP contribution in [0.5, 0.6) is 0 Å². The van der Waals surface area contributed by atoms with E-state index in [0.29, 0.717) is 19.5 Å². The van der Waals surface area contributed by atoms with Crippen LogP contribution in [0.2, 0.25) is 0 Å². The first-order chi connectivity index (χ1) is 12.7. The number of hydrogen-bond donors (Lipinski definition) is 2. The maximum Gasteiger partial charge on any atom is 0.222 e. The zero-order valence-electron chi connectivity index (χ0n) is 16.8. The van der Waals surface area contributed by atoms with Crippen molar-refractivity contribution in [2.24, 2.45) is 4.99 Å². The van der Waals surface area contributed by atoms with Crippen LogP contribution in [-0.2, 0) is 17.9 Å². The predicted octanol–water partition coefficient (Wildman–Crippen LogP) is 4.06. The molecule has 5 nitrogen and oxygen atoms in total. The maximum absolute atomic E-state index is 11.8. The quantitative estimate of drug-likeness (QED) is 0.227. The van der Waals surface area contributed by atoms with Crippen molar-refractivity contribution in [1.82, 2.24) is 15.5 Å². The Bertz CT molecular complexity index is 591. The summed E-state index contributed by atoms with van der Waals surface area (Å²) in [6.07, 6.45) is 6.67. The molecule has 1 amide bonds. The van der Waals surface area contributed by atoms with Crippen molar-refractivity contribution >= 4 is 35.8 Å². The Labute approximate surface area is 181 Å². The summed E-state index contributed by atoms with van der Waals surface area (Å²) < 4.78 is 0. The number of nitrogens with one attached hydrogen (secondary N) is 2. The van der Waals surface area contributed by atoms with E-state index in [9.17, 15) is 4.79 Å². The summed E-state index contributed by atoms with van der Waals surface area (Å²) in [4.78, 5) is 18.5. The third-order valence-corrected chi connectivity index (χ3v) is 4.62. The molecule has 0 atom stereocenters. The number of likely N-dealkylation sites (tertiary alicyclic amines) is 1. The highest BCUT2D eigenvalue weighted by molar-refractivity contribution is 14.0. The Kier molecular flexibility index (Phi) is 12.1. The second-order valence-corrected chi connectivity index (χ2v) is 6.92. The molecule has 1 saturated heterocycles. The molecule has 2 rings (SSSR count). The smallest absolute Gasteiger partial charge is 0.222 e. The number of guanidine groups is 1. The fourth-order valence-corrected chi connectivity index (χ4v) is 3.19. The second kappa shape index (κ2) is 13.8. The van der Waals surface area contributed by atoms with Gasteiger partial charge in [-0.15, -0.1) is 24.0 Å². The summed E-state index contributed by atoms with van der Waals surface area (Å²) in [6, 6.07) is 8.42. The number of nitrogens with zero attached hydrogens (tertiary/aromatic N) is 2. The van der Waals surface area contributed by atoms with Crippen molar-refractivity contribution in [3.05, 3.63) is 35.4 Å². The number of unbranched alkanes of at least 4 members (excludes halogenated alkanes) is 3. The number of halogens is 1. The minimum absolute atomic E-state index is 0. The summed E-state index contributed by atoms with van der Waals surface area (Å²) in [5.74, 6) is 1.15. The molecule has 0 aliphatic carbocycles. The van der Waals surface area contributed by atoms with Gasteiger partial charge in [0.15, 0.2) is 5.96 Å². The van der Waals surface area contributed by atoms with E-state index in [2.05, 4.69) is 48.7 Å². The number of carbonyl (C=O) groups is 1. The number of amides is 1. The summed E-state index contributed by atoms with van der Waals surface area (Å²) in [5, 5.41) is 6.72. The Morgan fingerprint density at radius 3 is 2.67 bits per heavy atom. The van der Waals surface area contributed by atoms with Crippen molar-refractivity contribution in [2.45, 2.75) is 65.5 Å². The highest BCUT2D eigenvalue weighted by atomic mass is 127. The molecule has 152 valence electrons. The topological polar surface area (TPSA) is 56.7 Å². The number of rotatable bonds is 10. The average Bonchev–Trinajstić information content (AvgIpc) is 3.04. The first kappa shape index (κ1) is 23.7. The van der Waals surface area contributed by atoms with Crippen LogP contribution >= 0.6 is 24.0 Å². The molecule has 27 heavy (non-hydrogen) atoms. The highest BCUT2D eigenvalue weighted by Gasteiger charge is 2.19. The Morgan fingerprint density at radius 2 is 1.96 bits per heavy atom. The summed E-state index contributed by atoms with van der Waals surface area (Å²) in [5.41, 5.74) is 2.36. The second-order valence-electron chi connectivity index (χ2n) is 6.92. The Hall–Kier alpha value is -1.31. The number of carbonyl (C=O) groups excluding carboxylic acids is 1. The summed E-state index contributed by atoms with van der Waals surface area (Å²) in [6.45, 7) is 8.38. The molecular formula is C21H35IN4O. The molecule has 1 aromatic carbocycles. The van der Waals surface area contributed by atoms with Gasteiger partial charge in [0.25, 0.3) is 0 Å². The molecular weight excluding hydrogens is 451 g/mol. The lowest BCUT2D eigenvalue weighted by Crippen LogP contribution is -2.37. The van der Waals surface area contributed by atoms with Gasteiger partial charge in [-0.05, 0) is 30.9 Å². The van der Waals surface area contributed by atoms with Gasteiger partial charge in [-0.2, -0.15) is 0 Å². The maximum atomic E-state index is 11.8. The van der Waals surface area contributed by atoms with Gasteiger partial charge in [0.1, 0.15) is 0 Å². The van der Waals surface area contributed by atoms with Crippen molar-refractivity contribution in [3.8, 4) is 0 Å². The Balaban J connectivity index is 0.00000364. The van der Waals surface area contributed by atoms with E-state index in [1.165, 1.54) is 36.8 Å². The van der Waals surface area contributed by atoms with Crippen molar-refractivity contribution < 1.29 is 4.79 Å². The van der Waals surface area contributed by atoms with E-state index in [1.807, 2.05) is 4.90 Å². The summed E-state index contributed by atoms with van der Waals surface area (Å²) >= 11 is 0. The first-order valence-corrected chi connectivity index (χ1v) is 10.1. The molecule has 0 radical (unpaired) electrons. The van der Waals surface area contributed by atoms with E-state index in [0.717, 1.165) is 32.0 Å². The Morgan fingerprint density at radius 1 is 1.15 bits per heavy atom. The van der Waals surface area contributed by atoms with Gasteiger partial charge in [0, 0.05) is 32.6 Å². The van der Waals surface area contributed by atoms with Gasteiger partial charge in [0.2, 0.25) is 5.91 Å². The van der Waals surface area contributed by atoms with Crippen LogP contribution in [0.15, 0.2) is 29.3 Å². The van der Waals surface area contributed by atoms with Gasteiger partial charge >= 0.3 is 0 Å². The lowest BCUT2D eigenvalue weighted by molar-refractivity contribution is -0.128. The molecule has 0 unspecified atom stereocenters. The first-order valence-electron chi connectivity index (χ1n) is 10.1. The van der Waals surface area contributed by atoms with Crippen molar-refractivity contribution in [3.63, 3.8) is 0 Å². The normalized spacial score (nSPS) is 14.2. The highest BCUT2D eigenvalue weighted by Crippen LogP contribution is 2.15. The number of aliphatic imine (C=N–C) groups is 1. The predicted molar refractivity (Wildman–Crippen MR) is 123 cm³/mol. The van der Waals surface area contributed by atoms with Crippen LogP contribution in [0.1, 0.15) is 63.5 Å². The molecule has 0 spiro atoms. The fourth-order valence-electron chi connectivity index (χ4n) is 3.19. The van der Waals surface area contributed by atoms with Crippen LogP contribution in [0.25, 0.3) is 0 Å². The molecule has 1 fully saturated rings. The molecule has 1 aliphatic rings. The van der Waals surface area contributed by atoms with E-state index >= 15 is 0 Å². The van der Waals surface area contributed by atoms with Crippen LogP contribution in [-0.4, -0.2) is 36.4 Å². The largest absolute Gasteiger partial charge is 0.357 e. The van der Waals surface area contributed by atoms with Gasteiger partial charge in [-0.3, -0.25) is 4.79 Å². The van der Waals surface area contributed by atoms with E-state index in [-0.39, 0.29) is 29.9 Å². The van der Waals surface area contributed by atoms with Crippen LogP contribution in [0.3, 0.4) is 0 Å². The molecule has 0 aromatic heterocycles. The molecule has 6 heteroatoms. The minimum atomic E-state index is 0. The lowest BCUT2D eigenvalue weighted by atomic mass is 10.1. The molecule has 2 N–H and O–H groups in total. The third kappa shape index (κ3) is 8.95. The molecule has 1 heterocycles. The van der Waals surface area contributed by atoms with Gasteiger partial charge in [-0.1, -0.05) is 50.5 Å². The minimum Gasteiger partial charge on any atom is -0.357 e. The van der Waals surface area contributed by atoms with Gasteiger partial charge in [0.05, 0.1) is 6.54 Å². The summed E-state index contributed by atoms with van der Waals surface area (Å²) in [7, 11) is 0. The standard InChI is InChI=1S/C21H34N4O.HI/c1-3-5-6-7-13-23-21(22-4-2)24-16-18-10-8-11-19(15-18)17-25-14-9-12-20(25)26;/h8,10-11,15H,3-7,9,12-14,16-17H2,1-2H3,(H2,22,23,24);1H. The SMILES string of the molecule is CCCCCCNC(=NCc1cccc(CN2CCCC2=O)c1)NCC.I. The molecule has 0 saturated carbocycles.